The Bertz CT molecular complexity index is 645. The second-order valence-corrected chi connectivity index (χ2v) is 5.10. The number of hydrogen-bond acceptors (Lipinski definition) is 5. The zero-order valence-corrected chi connectivity index (χ0v) is 11.8. The van der Waals surface area contributed by atoms with Gasteiger partial charge in [-0.1, -0.05) is 17.3 Å². The molecule has 1 fully saturated rings. The van der Waals surface area contributed by atoms with E-state index in [4.69, 9.17) is 4.52 Å². The van der Waals surface area contributed by atoms with Crippen LogP contribution in [0.25, 0.3) is 0 Å². The molecule has 110 valence electrons. The van der Waals surface area contributed by atoms with Crippen molar-refractivity contribution in [1.82, 2.24) is 10.1 Å². The van der Waals surface area contributed by atoms with E-state index in [0.717, 1.165) is 5.69 Å². The van der Waals surface area contributed by atoms with Gasteiger partial charge < -0.3 is 19.4 Å². The standard InChI is InChI=1S/C15H17N3O3/c1-11-10-14(21-16-11)15(20)18-8-6-17(7-9-18)12-4-2-3-5-13(12)19/h2-5,10,19H,6-9H2,1H3. The van der Waals surface area contributed by atoms with E-state index >= 15 is 0 Å². The van der Waals surface area contributed by atoms with Gasteiger partial charge in [0.1, 0.15) is 5.75 Å². The molecule has 0 spiro atoms. The molecule has 0 aliphatic carbocycles. The molecule has 2 aromatic rings. The molecule has 6 heteroatoms. The number of rotatable bonds is 2. The summed E-state index contributed by atoms with van der Waals surface area (Å²) in [5.74, 6) is 0.416. The van der Waals surface area contributed by atoms with Crippen LogP contribution in [0.2, 0.25) is 0 Å². The van der Waals surface area contributed by atoms with Crippen LogP contribution in [0.1, 0.15) is 16.2 Å². The highest BCUT2D eigenvalue weighted by molar-refractivity contribution is 5.91. The number of carbonyl (C=O) groups is 1. The highest BCUT2D eigenvalue weighted by Gasteiger charge is 2.25. The SMILES string of the molecule is Cc1cc(C(=O)N2CCN(c3ccccc3O)CC2)on1. The molecule has 2 heterocycles. The van der Waals surface area contributed by atoms with Crippen LogP contribution >= 0.6 is 0 Å². The Balaban J connectivity index is 1.65. The number of hydrogen-bond donors (Lipinski definition) is 1. The summed E-state index contributed by atoms with van der Waals surface area (Å²) in [6, 6.07) is 8.89. The molecule has 1 saturated heterocycles. The van der Waals surface area contributed by atoms with Crippen LogP contribution in [-0.2, 0) is 0 Å². The number of anilines is 1. The normalized spacial score (nSPS) is 15.3. The number of amides is 1. The first kappa shape index (κ1) is 13.5. The number of aryl methyl sites for hydroxylation is 1. The quantitative estimate of drug-likeness (QED) is 0.909. The number of benzene rings is 1. The van der Waals surface area contributed by atoms with E-state index in [1.807, 2.05) is 12.1 Å². The van der Waals surface area contributed by atoms with Crippen LogP contribution in [0.3, 0.4) is 0 Å². The maximum absolute atomic E-state index is 12.2. The van der Waals surface area contributed by atoms with Crippen molar-refractivity contribution in [3.63, 3.8) is 0 Å². The Morgan fingerprint density at radius 1 is 1.24 bits per heavy atom. The maximum atomic E-state index is 12.2. The maximum Gasteiger partial charge on any atom is 0.292 e. The first-order chi connectivity index (χ1) is 10.1. The lowest BCUT2D eigenvalue weighted by Gasteiger charge is -2.35. The molecule has 1 aromatic carbocycles. The van der Waals surface area contributed by atoms with E-state index < -0.39 is 0 Å². The molecular formula is C15H17N3O3. The van der Waals surface area contributed by atoms with Crippen LogP contribution in [0.4, 0.5) is 5.69 Å². The molecule has 1 aliphatic rings. The van der Waals surface area contributed by atoms with Gasteiger partial charge in [0.2, 0.25) is 5.76 Å². The molecule has 1 amide bonds. The fourth-order valence-corrected chi connectivity index (χ4v) is 2.50. The number of phenolic OH excluding ortho intramolecular Hbond substituents is 1. The molecule has 0 radical (unpaired) electrons. The average Bonchev–Trinajstić information content (AvgIpc) is 2.94. The van der Waals surface area contributed by atoms with Crippen molar-refractivity contribution in [3.05, 3.63) is 41.8 Å². The van der Waals surface area contributed by atoms with Crippen LogP contribution in [-0.4, -0.2) is 47.2 Å². The van der Waals surface area contributed by atoms with Gasteiger partial charge in [0.25, 0.3) is 5.91 Å². The molecule has 0 atom stereocenters. The summed E-state index contributed by atoms with van der Waals surface area (Å²) >= 11 is 0. The third-order valence-corrected chi connectivity index (χ3v) is 3.63. The molecule has 1 N–H and O–H groups in total. The molecule has 1 aromatic heterocycles. The summed E-state index contributed by atoms with van der Waals surface area (Å²) in [4.78, 5) is 16.1. The lowest BCUT2D eigenvalue weighted by Crippen LogP contribution is -2.48. The summed E-state index contributed by atoms with van der Waals surface area (Å²) in [5, 5.41) is 13.6. The molecular weight excluding hydrogens is 270 g/mol. The summed E-state index contributed by atoms with van der Waals surface area (Å²) < 4.78 is 5.02. The fourth-order valence-electron chi connectivity index (χ4n) is 2.50. The van der Waals surface area contributed by atoms with E-state index in [1.165, 1.54) is 0 Å². The van der Waals surface area contributed by atoms with Crippen LogP contribution in [0, 0.1) is 6.92 Å². The Hall–Kier alpha value is -2.50. The molecule has 3 rings (SSSR count). The van der Waals surface area contributed by atoms with E-state index in [1.54, 1.807) is 30.0 Å². The minimum absolute atomic E-state index is 0.132. The minimum atomic E-state index is -0.132. The summed E-state index contributed by atoms with van der Waals surface area (Å²) in [7, 11) is 0. The average molecular weight is 287 g/mol. The topological polar surface area (TPSA) is 69.8 Å². The van der Waals surface area contributed by atoms with E-state index in [0.29, 0.717) is 31.9 Å². The molecule has 0 unspecified atom stereocenters. The third-order valence-electron chi connectivity index (χ3n) is 3.63. The van der Waals surface area contributed by atoms with Gasteiger partial charge in [-0.25, -0.2) is 0 Å². The monoisotopic (exact) mass is 287 g/mol. The number of para-hydroxylation sites is 2. The van der Waals surface area contributed by atoms with Gasteiger partial charge in [-0.15, -0.1) is 0 Å². The van der Waals surface area contributed by atoms with E-state index in [2.05, 4.69) is 10.1 Å². The Morgan fingerprint density at radius 2 is 1.95 bits per heavy atom. The molecule has 6 nitrogen and oxygen atoms in total. The van der Waals surface area contributed by atoms with Crippen molar-refractivity contribution in [2.75, 3.05) is 31.1 Å². The smallest absolute Gasteiger partial charge is 0.292 e. The second kappa shape index (κ2) is 5.47. The lowest BCUT2D eigenvalue weighted by molar-refractivity contribution is 0.0704. The first-order valence-electron chi connectivity index (χ1n) is 6.90. The first-order valence-corrected chi connectivity index (χ1v) is 6.90. The zero-order valence-electron chi connectivity index (χ0n) is 11.8. The summed E-state index contributed by atoms with van der Waals surface area (Å²) in [5.41, 5.74) is 1.51. The Morgan fingerprint density at radius 3 is 2.57 bits per heavy atom. The molecule has 0 bridgehead atoms. The predicted molar refractivity (Wildman–Crippen MR) is 77.5 cm³/mol. The molecule has 1 aliphatic heterocycles. The number of nitrogens with zero attached hydrogens (tertiary/aromatic N) is 3. The highest BCUT2D eigenvalue weighted by Crippen LogP contribution is 2.27. The molecule has 21 heavy (non-hydrogen) atoms. The Kier molecular flexibility index (Phi) is 3.51. The number of aromatic nitrogens is 1. The van der Waals surface area contributed by atoms with Crippen molar-refractivity contribution in [2.45, 2.75) is 6.92 Å². The van der Waals surface area contributed by atoms with Gasteiger partial charge in [-0.2, -0.15) is 0 Å². The van der Waals surface area contributed by atoms with E-state index in [9.17, 15) is 9.90 Å². The van der Waals surface area contributed by atoms with Crippen molar-refractivity contribution in [1.29, 1.82) is 0 Å². The summed E-state index contributed by atoms with van der Waals surface area (Å²) in [6.45, 7) is 4.32. The highest BCUT2D eigenvalue weighted by atomic mass is 16.5. The largest absolute Gasteiger partial charge is 0.506 e. The number of phenols is 1. The third kappa shape index (κ3) is 2.69. The zero-order chi connectivity index (χ0) is 14.8. The summed E-state index contributed by atoms with van der Waals surface area (Å²) in [6.07, 6.45) is 0. The minimum Gasteiger partial charge on any atom is -0.506 e. The van der Waals surface area contributed by atoms with Gasteiger partial charge in [-0.3, -0.25) is 4.79 Å². The number of aromatic hydroxyl groups is 1. The van der Waals surface area contributed by atoms with Crippen molar-refractivity contribution < 1.29 is 14.4 Å². The predicted octanol–water partition coefficient (Wildman–Crippen LogP) is 1.65. The lowest BCUT2D eigenvalue weighted by atomic mass is 10.2. The number of carbonyl (C=O) groups excluding carboxylic acids is 1. The van der Waals surface area contributed by atoms with E-state index in [-0.39, 0.29) is 17.4 Å². The molecule has 0 saturated carbocycles. The van der Waals surface area contributed by atoms with Gasteiger partial charge in [0.15, 0.2) is 0 Å². The van der Waals surface area contributed by atoms with Crippen molar-refractivity contribution in [2.24, 2.45) is 0 Å². The van der Waals surface area contributed by atoms with Gasteiger partial charge >= 0.3 is 0 Å². The second-order valence-electron chi connectivity index (χ2n) is 5.10. The van der Waals surface area contributed by atoms with Gasteiger partial charge in [0.05, 0.1) is 11.4 Å². The van der Waals surface area contributed by atoms with Gasteiger partial charge in [-0.05, 0) is 19.1 Å². The van der Waals surface area contributed by atoms with Crippen molar-refractivity contribution in [3.8, 4) is 5.75 Å². The Labute approximate surface area is 122 Å². The van der Waals surface area contributed by atoms with Crippen LogP contribution < -0.4 is 4.90 Å². The number of piperazine rings is 1. The van der Waals surface area contributed by atoms with Gasteiger partial charge in [0, 0.05) is 32.2 Å². The van der Waals surface area contributed by atoms with Crippen LogP contribution in [0.5, 0.6) is 5.75 Å². The van der Waals surface area contributed by atoms with Crippen LogP contribution in [0.15, 0.2) is 34.9 Å². The van der Waals surface area contributed by atoms with Crippen molar-refractivity contribution >= 4 is 11.6 Å². The fraction of sp³-hybridized carbons (Fsp3) is 0.333.